The first-order chi connectivity index (χ1) is 28.4. The zero-order valence-corrected chi connectivity index (χ0v) is 39.1. The smallest absolute Gasteiger partial charge is 0.305 e. The Balaban J connectivity index is 2.47. The Labute approximate surface area is 360 Å². The zero-order valence-electron chi connectivity index (χ0n) is 39.1. The Morgan fingerprint density at radius 3 is 1.19 bits per heavy atom. The number of hydrogen-bond donors (Lipinski definition) is 0. The fraction of sp³-hybridized carbons (Fsp3) is 0.846. The summed E-state index contributed by atoms with van der Waals surface area (Å²) in [5.74, 6) is 1.87. The molecule has 0 saturated heterocycles. The summed E-state index contributed by atoms with van der Waals surface area (Å²) in [7, 11) is 1.71. The molecule has 6 heteroatoms. The highest BCUT2D eigenvalue weighted by Crippen LogP contribution is 2.22. The van der Waals surface area contributed by atoms with Crippen molar-refractivity contribution in [3.8, 4) is 5.75 Å². The molecule has 338 valence electrons. The van der Waals surface area contributed by atoms with Crippen molar-refractivity contribution < 1.29 is 23.8 Å². The van der Waals surface area contributed by atoms with Crippen LogP contribution in [0.3, 0.4) is 0 Å². The second-order valence-electron chi connectivity index (χ2n) is 17.7. The summed E-state index contributed by atoms with van der Waals surface area (Å²) in [6.45, 7) is 13.2. The van der Waals surface area contributed by atoms with Gasteiger partial charge in [0.15, 0.2) is 0 Å². The van der Waals surface area contributed by atoms with Crippen LogP contribution in [0.15, 0.2) is 24.3 Å². The summed E-state index contributed by atoms with van der Waals surface area (Å²) in [5.41, 5.74) is 1.28. The van der Waals surface area contributed by atoms with Crippen molar-refractivity contribution in [2.45, 2.75) is 240 Å². The number of nitrogens with zero attached hydrogens (tertiary/aromatic N) is 1. The molecular formula is C52H95NO5. The minimum Gasteiger partial charge on any atom is -0.497 e. The zero-order chi connectivity index (χ0) is 42.2. The second-order valence-corrected chi connectivity index (χ2v) is 17.7. The maximum Gasteiger partial charge on any atom is 0.305 e. The van der Waals surface area contributed by atoms with Gasteiger partial charge in [-0.15, -0.1) is 0 Å². The molecule has 0 N–H and O–H groups in total. The summed E-state index contributed by atoms with van der Waals surface area (Å²) >= 11 is 0. The molecule has 0 radical (unpaired) electrons. The minimum absolute atomic E-state index is 0.0181. The van der Waals surface area contributed by atoms with Crippen LogP contribution in [0.1, 0.15) is 239 Å². The van der Waals surface area contributed by atoms with Crippen molar-refractivity contribution >= 4 is 11.9 Å². The van der Waals surface area contributed by atoms with Crippen molar-refractivity contribution in [3.05, 3.63) is 29.8 Å². The number of esters is 2. The lowest BCUT2D eigenvalue weighted by Crippen LogP contribution is -2.25. The van der Waals surface area contributed by atoms with E-state index in [1.165, 1.54) is 160 Å². The first-order valence-electron chi connectivity index (χ1n) is 25.1. The number of ether oxygens (including phenoxy) is 3. The third-order valence-corrected chi connectivity index (χ3v) is 12.1. The van der Waals surface area contributed by atoms with E-state index in [2.05, 4.69) is 44.7 Å². The van der Waals surface area contributed by atoms with Gasteiger partial charge in [-0.1, -0.05) is 181 Å². The average Bonchev–Trinajstić information content (AvgIpc) is 3.23. The molecule has 0 bridgehead atoms. The van der Waals surface area contributed by atoms with Gasteiger partial charge in [-0.05, 0) is 94.0 Å². The van der Waals surface area contributed by atoms with Crippen LogP contribution in [0.4, 0.5) is 0 Å². The lowest BCUT2D eigenvalue weighted by Gasteiger charge is -2.23. The summed E-state index contributed by atoms with van der Waals surface area (Å²) in [4.78, 5) is 28.1. The maximum absolute atomic E-state index is 12.8. The molecule has 0 spiro atoms. The highest BCUT2D eigenvalue weighted by Gasteiger charge is 2.15. The highest BCUT2D eigenvalue weighted by atomic mass is 16.5. The summed E-state index contributed by atoms with van der Waals surface area (Å²) in [6.07, 6.45) is 37.7. The van der Waals surface area contributed by atoms with Gasteiger partial charge in [0.05, 0.1) is 20.3 Å². The molecule has 1 aromatic rings. The fourth-order valence-corrected chi connectivity index (χ4v) is 8.16. The van der Waals surface area contributed by atoms with E-state index in [9.17, 15) is 9.59 Å². The predicted octanol–water partition coefficient (Wildman–Crippen LogP) is 15.4. The van der Waals surface area contributed by atoms with Crippen LogP contribution in [0, 0.1) is 11.8 Å². The third kappa shape index (κ3) is 32.7. The van der Waals surface area contributed by atoms with E-state index >= 15 is 0 Å². The SMILES string of the molecule is CCCCCCCCC(CCCCCC)COC(=O)CCCCCN(CCCCCC(=O)OCC(CCCCCC)CCCCCCCC)Cc1ccc(OC)cc1. The van der Waals surface area contributed by atoms with Gasteiger partial charge in [-0.25, -0.2) is 0 Å². The number of methoxy groups -OCH3 is 1. The Morgan fingerprint density at radius 1 is 0.466 bits per heavy atom. The van der Waals surface area contributed by atoms with E-state index < -0.39 is 0 Å². The van der Waals surface area contributed by atoms with Gasteiger partial charge >= 0.3 is 11.9 Å². The van der Waals surface area contributed by atoms with Gasteiger partial charge < -0.3 is 14.2 Å². The summed E-state index contributed by atoms with van der Waals surface area (Å²) in [5, 5.41) is 0. The molecule has 0 aliphatic heterocycles. The molecule has 0 aromatic heterocycles. The van der Waals surface area contributed by atoms with Crippen LogP contribution in [-0.4, -0.2) is 50.3 Å². The van der Waals surface area contributed by atoms with Crippen molar-refractivity contribution in [2.24, 2.45) is 11.8 Å². The molecule has 2 atom stereocenters. The average molecular weight is 814 g/mol. The molecule has 0 amide bonds. The van der Waals surface area contributed by atoms with Gasteiger partial charge in [0, 0.05) is 19.4 Å². The second kappa shape index (κ2) is 40.3. The minimum atomic E-state index is -0.0181. The number of hydrogen-bond acceptors (Lipinski definition) is 6. The van der Waals surface area contributed by atoms with Gasteiger partial charge in [0.1, 0.15) is 5.75 Å². The van der Waals surface area contributed by atoms with E-state index in [-0.39, 0.29) is 11.9 Å². The molecule has 1 aromatic carbocycles. The topological polar surface area (TPSA) is 65.1 Å². The van der Waals surface area contributed by atoms with Crippen LogP contribution in [0.25, 0.3) is 0 Å². The molecule has 0 fully saturated rings. The first-order valence-corrected chi connectivity index (χ1v) is 25.1. The normalized spacial score (nSPS) is 12.5. The van der Waals surface area contributed by atoms with Crippen molar-refractivity contribution in [2.75, 3.05) is 33.4 Å². The molecule has 6 nitrogen and oxygen atoms in total. The van der Waals surface area contributed by atoms with Gasteiger partial charge in [-0.2, -0.15) is 0 Å². The monoisotopic (exact) mass is 814 g/mol. The Bertz CT molecular complexity index is 987. The van der Waals surface area contributed by atoms with Crippen LogP contribution in [0.2, 0.25) is 0 Å². The molecule has 58 heavy (non-hydrogen) atoms. The van der Waals surface area contributed by atoms with E-state index in [1.54, 1.807) is 7.11 Å². The van der Waals surface area contributed by atoms with E-state index in [0.717, 1.165) is 63.9 Å². The Hall–Kier alpha value is -2.08. The van der Waals surface area contributed by atoms with E-state index in [1.807, 2.05) is 12.1 Å². The molecule has 0 aliphatic rings. The van der Waals surface area contributed by atoms with Gasteiger partial charge in [-0.3, -0.25) is 14.5 Å². The summed E-state index contributed by atoms with van der Waals surface area (Å²) < 4.78 is 17.1. The third-order valence-electron chi connectivity index (χ3n) is 12.1. The lowest BCUT2D eigenvalue weighted by atomic mass is 9.95. The summed E-state index contributed by atoms with van der Waals surface area (Å²) in [6, 6.07) is 8.39. The molecule has 2 unspecified atom stereocenters. The fourth-order valence-electron chi connectivity index (χ4n) is 8.16. The van der Waals surface area contributed by atoms with Gasteiger partial charge in [0.25, 0.3) is 0 Å². The molecule has 1 rings (SSSR count). The van der Waals surface area contributed by atoms with Crippen LogP contribution < -0.4 is 4.74 Å². The Morgan fingerprint density at radius 2 is 0.810 bits per heavy atom. The number of benzene rings is 1. The van der Waals surface area contributed by atoms with E-state index in [4.69, 9.17) is 14.2 Å². The van der Waals surface area contributed by atoms with Crippen LogP contribution in [0.5, 0.6) is 5.75 Å². The van der Waals surface area contributed by atoms with Gasteiger partial charge in [0.2, 0.25) is 0 Å². The highest BCUT2D eigenvalue weighted by molar-refractivity contribution is 5.69. The van der Waals surface area contributed by atoms with Crippen LogP contribution in [-0.2, 0) is 25.6 Å². The first kappa shape index (κ1) is 53.9. The lowest BCUT2D eigenvalue weighted by molar-refractivity contribution is -0.146. The number of rotatable bonds is 43. The van der Waals surface area contributed by atoms with Crippen LogP contribution >= 0.6 is 0 Å². The largest absolute Gasteiger partial charge is 0.497 e. The molecule has 0 saturated carbocycles. The van der Waals surface area contributed by atoms with E-state index in [0.29, 0.717) is 37.9 Å². The maximum atomic E-state index is 12.8. The Kier molecular flexibility index (Phi) is 37.5. The predicted molar refractivity (Wildman–Crippen MR) is 248 cm³/mol. The molecule has 0 heterocycles. The van der Waals surface area contributed by atoms with Crippen molar-refractivity contribution in [1.82, 2.24) is 4.90 Å². The molecule has 0 aliphatic carbocycles. The number of carbonyl (C=O) groups excluding carboxylic acids is 2. The number of unbranched alkanes of at least 4 members (excludes halogenated alkanes) is 20. The quantitative estimate of drug-likeness (QED) is 0.0483. The standard InChI is InChI=1S/C52H95NO5/c1-6-10-14-18-20-26-34-48(32-24-16-12-8-3)45-57-51(54)36-28-22-30-42-53(44-47-38-40-50(56-5)41-39-47)43-31-23-29-37-52(55)58-46-49(33-25-17-13-9-4)35-27-21-19-15-11-7-2/h38-41,48-49H,6-37,42-46H2,1-5H3. The number of carbonyl (C=O) groups is 2. The van der Waals surface area contributed by atoms with Crippen molar-refractivity contribution in [3.63, 3.8) is 0 Å². The molecular weight excluding hydrogens is 719 g/mol. The van der Waals surface area contributed by atoms with Crippen molar-refractivity contribution in [1.29, 1.82) is 0 Å².